The molecule has 144 valence electrons. The van der Waals surface area contributed by atoms with Gasteiger partial charge in [0.1, 0.15) is 6.04 Å². The van der Waals surface area contributed by atoms with Crippen LogP contribution in [0, 0.1) is 19.3 Å². The molecule has 2 atom stereocenters. The predicted molar refractivity (Wildman–Crippen MR) is 102 cm³/mol. The fourth-order valence-electron chi connectivity index (χ4n) is 2.59. The quantitative estimate of drug-likeness (QED) is 0.538. The van der Waals surface area contributed by atoms with E-state index in [4.69, 9.17) is 22.6 Å². The SMILES string of the molecule is [C-]#[N+]c1ccc(NC(c2nnc(-c3ccc(F)c(O)c3)o2)[C@H](C)O)c(C)c1Cl. The number of aromatic nitrogens is 2. The number of halogens is 2. The number of hydrogen-bond acceptors (Lipinski definition) is 6. The van der Waals surface area contributed by atoms with Crippen LogP contribution in [-0.4, -0.2) is 26.5 Å². The van der Waals surface area contributed by atoms with E-state index >= 15 is 0 Å². The molecule has 0 aliphatic carbocycles. The number of benzene rings is 2. The molecule has 3 aromatic rings. The van der Waals surface area contributed by atoms with E-state index < -0.39 is 23.7 Å². The summed E-state index contributed by atoms with van der Waals surface area (Å²) in [4.78, 5) is 3.35. The number of rotatable bonds is 5. The first-order valence-electron chi connectivity index (χ1n) is 8.25. The van der Waals surface area contributed by atoms with Gasteiger partial charge in [-0.15, -0.1) is 10.2 Å². The number of aromatic hydroxyl groups is 1. The highest BCUT2D eigenvalue weighted by Gasteiger charge is 2.25. The number of hydrogen-bond donors (Lipinski definition) is 3. The van der Waals surface area contributed by atoms with Crippen molar-refractivity contribution in [3.63, 3.8) is 0 Å². The minimum absolute atomic E-state index is 0.0656. The van der Waals surface area contributed by atoms with Gasteiger partial charge in [0.25, 0.3) is 0 Å². The smallest absolute Gasteiger partial charge is 0.248 e. The summed E-state index contributed by atoms with van der Waals surface area (Å²) in [5.74, 6) is -1.13. The van der Waals surface area contributed by atoms with Gasteiger partial charge in [0, 0.05) is 11.3 Å². The molecule has 28 heavy (non-hydrogen) atoms. The summed E-state index contributed by atoms with van der Waals surface area (Å²) in [5, 5.41) is 31.0. The zero-order chi connectivity index (χ0) is 20.4. The van der Waals surface area contributed by atoms with Crippen molar-refractivity contribution in [3.8, 4) is 17.2 Å². The first kappa shape index (κ1) is 19.6. The Kier molecular flexibility index (Phi) is 5.49. The van der Waals surface area contributed by atoms with E-state index in [0.29, 0.717) is 27.5 Å². The van der Waals surface area contributed by atoms with Crippen LogP contribution in [0.4, 0.5) is 15.8 Å². The summed E-state index contributed by atoms with van der Waals surface area (Å²) in [6.45, 7) is 10.4. The highest BCUT2D eigenvalue weighted by atomic mass is 35.5. The standard InChI is InChI=1S/C19H16ClFN4O3/c1-9-13(6-7-14(22-3)16(9)20)23-17(10(2)26)19-25-24-18(28-19)11-4-5-12(21)15(27)8-11/h4-8,10,17,23,26-27H,1-2H3/t10-,17?/m0/s1. The lowest BCUT2D eigenvalue weighted by Gasteiger charge is -2.21. The lowest BCUT2D eigenvalue weighted by atomic mass is 10.1. The summed E-state index contributed by atoms with van der Waals surface area (Å²) >= 11 is 6.20. The Bertz CT molecular complexity index is 1060. The lowest BCUT2D eigenvalue weighted by Crippen LogP contribution is -2.23. The minimum Gasteiger partial charge on any atom is -0.505 e. The van der Waals surface area contributed by atoms with Gasteiger partial charge in [-0.25, -0.2) is 9.24 Å². The number of phenolic OH excluding ortho intramolecular Hbond substituents is 1. The lowest BCUT2D eigenvalue weighted by molar-refractivity contribution is 0.159. The van der Waals surface area contributed by atoms with Crippen molar-refractivity contribution in [2.75, 3.05) is 5.32 Å². The van der Waals surface area contributed by atoms with Crippen molar-refractivity contribution in [1.29, 1.82) is 0 Å². The molecule has 1 unspecified atom stereocenters. The number of nitrogens with one attached hydrogen (secondary N) is 1. The highest BCUT2D eigenvalue weighted by molar-refractivity contribution is 6.34. The molecule has 0 fully saturated rings. The Hall–Kier alpha value is -3.15. The second-order valence-corrected chi connectivity index (χ2v) is 6.54. The second kappa shape index (κ2) is 7.84. The molecule has 0 saturated carbocycles. The molecule has 0 aliphatic rings. The van der Waals surface area contributed by atoms with Crippen LogP contribution >= 0.6 is 11.6 Å². The Morgan fingerprint density at radius 1 is 1.29 bits per heavy atom. The maximum Gasteiger partial charge on any atom is 0.248 e. The van der Waals surface area contributed by atoms with Gasteiger partial charge >= 0.3 is 0 Å². The van der Waals surface area contributed by atoms with Gasteiger partial charge in [-0.05, 0) is 43.7 Å². The highest BCUT2D eigenvalue weighted by Crippen LogP contribution is 2.35. The summed E-state index contributed by atoms with van der Waals surface area (Å²) in [7, 11) is 0. The second-order valence-electron chi connectivity index (χ2n) is 6.16. The van der Waals surface area contributed by atoms with E-state index in [0.717, 1.165) is 6.07 Å². The molecule has 2 aromatic carbocycles. The van der Waals surface area contributed by atoms with Gasteiger partial charge in [0.05, 0.1) is 17.7 Å². The number of phenols is 1. The maximum atomic E-state index is 13.2. The largest absolute Gasteiger partial charge is 0.505 e. The molecule has 0 radical (unpaired) electrons. The minimum atomic E-state index is -0.909. The van der Waals surface area contributed by atoms with Gasteiger partial charge in [-0.1, -0.05) is 17.7 Å². The van der Waals surface area contributed by atoms with E-state index in [9.17, 15) is 14.6 Å². The summed E-state index contributed by atoms with van der Waals surface area (Å²) in [6, 6.07) is 6.14. The van der Waals surface area contributed by atoms with Gasteiger partial charge in [0.15, 0.2) is 11.6 Å². The monoisotopic (exact) mass is 402 g/mol. The fourth-order valence-corrected chi connectivity index (χ4v) is 2.80. The molecule has 9 heteroatoms. The third kappa shape index (κ3) is 3.76. The van der Waals surface area contributed by atoms with Crippen LogP contribution in [0.3, 0.4) is 0 Å². The zero-order valence-electron chi connectivity index (χ0n) is 14.9. The summed E-state index contributed by atoms with van der Waals surface area (Å²) < 4.78 is 18.8. The van der Waals surface area contributed by atoms with Gasteiger partial charge in [-0.2, -0.15) is 0 Å². The Labute approximate surface area is 165 Å². The van der Waals surface area contributed by atoms with Crippen molar-refractivity contribution in [2.24, 2.45) is 0 Å². The van der Waals surface area contributed by atoms with Crippen LogP contribution in [0.1, 0.15) is 24.4 Å². The molecule has 0 spiro atoms. The van der Waals surface area contributed by atoms with E-state index in [1.54, 1.807) is 26.0 Å². The molecular weight excluding hydrogens is 387 g/mol. The topological polar surface area (TPSA) is 95.8 Å². The van der Waals surface area contributed by atoms with Crippen LogP contribution in [0.2, 0.25) is 5.02 Å². The molecule has 0 aliphatic heterocycles. The molecule has 3 N–H and O–H groups in total. The number of nitrogens with zero attached hydrogens (tertiary/aromatic N) is 3. The van der Waals surface area contributed by atoms with Crippen LogP contribution in [-0.2, 0) is 0 Å². The molecule has 0 bridgehead atoms. The first-order valence-corrected chi connectivity index (χ1v) is 8.63. The summed E-state index contributed by atoms with van der Waals surface area (Å²) in [6.07, 6.45) is -0.909. The van der Waals surface area contributed by atoms with Crippen molar-refractivity contribution >= 4 is 23.0 Å². The maximum absolute atomic E-state index is 13.2. The van der Waals surface area contributed by atoms with Gasteiger partial charge < -0.3 is 19.9 Å². The molecule has 1 aromatic heterocycles. The van der Waals surface area contributed by atoms with E-state index in [1.807, 2.05) is 0 Å². The fraction of sp³-hybridized carbons (Fsp3) is 0.211. The van der Waals surface area contributed by atoms with Crippen LogP contribution in [0.15, 0.2) is 34.7 Å². The number of aliphatic hydroxyl groups is 1. The Morgan fingerprint density at radius 3 is 2.68 bits per heavy atom. The molecule has 0 amide bonds. The third-order valence-corrected chi connectivity index (χ3v) is 4.66. The van der Waals surface area contributed by atoms with E-state index in [-0.39, 0.29) is 11.8 Å². The number of anilines is 1. The Morgan fingerprint density at radius 2 is 2.04 bits per heavy atom. The normalized spacial score (nSPS) is 13.0. The van der Waals surface area contributed by atoms with Crippen molar-refractivity contribution in [3.05, 3.63) is 64.0 Å². The molecule has 7 nitrogen and oxygen atoms in total. The van der Waals surface area contributed by atoms with Gasteiger partial charge in [0.2, 0.25) is 17.5 Å². The molecule has 0 saturated heterocycles. The molecular formula is C19H16ClFN4O3. The zero-order valence-corrected chi connectivity index (χ0v) is 15.7. The average Bonchev–Trinajstić information content (AvgIpc) is 3.14. The van der Waals surface area contributed by atoms with Crippen LogP contribution in [0.25, 0.3) is 16.3 Å². The number of aliphatic hydroxyl groups excluding tert-OH is 1. The first-order chi connectivity index (χ1) is 13.3. The summed E-state index contributed by atoms with van der Waals surface area (Å²) in [5.41, 5.74) is 1.91. The molecule has 3 rings (SSSR count). The van der Waals surface area contributed by atoms with Crippen LogP contribution in [0.5, 0.6) is 5.75 Å². The average molecular weight is 403 g/mol. The van der Waals surface area contributed by atoms with Crippen LogP contribution < -0.4 is 5.32 Å². The predicted octanol–water partition coefficient (Wildman–Crippen LogP) is 4.63. The van der Waals surface area contributed by atoms with E-state index in [1.165, 1.54) is 12.1 Å². The van der Waals surface area contributed by atoms with Crippen molar-refractivity contribution < 1.29 is 19.0 Å². The van der Waals surface area contributed by atoms with E-state index in [2.05, 4.69) is 20.4 Å². The third-order valence-electron chi connectivity index (χ3n) is 4.18. The van der Waals surface area contributed by atoms with Crippen molar-refractivity contribution in [1.82, 2.24) is 10.2 Å². The Balaban J connectivity index is 1.92. The van der Waals surface area contributed by atoms with Crippen molar-refractivity contribution in [2.45, 2.75) is 26.0 Å². The van der Waals surface area contributed by atoms with Gasteiger partial charge in [-0.3, -0.25) is 0 Å². The molecule has 1 heterocycles.